The number of quaternary nitrogens is 1. The topological polar surface area (TPSA) is 47.8 Å². The molecule has 0 saturated heterocycles. The summed E-state index contributed by atoms with van der Waals surface area (Å²) in [6.07, 6.45) is 0. The molecule has 1 aromatic rings. The molecule has 0 unspecified atom stereocenters. The summed E-state index contributed by atoms with van der Waals surface area (Å²) in [5.74, 6) is 0.233. The van der Waals surface area contributed by atoms with Crippen LogP contribution in [0.2, 0.25) is 0 Å². The molecular weight excluding hydrogens is 202 g/mol. The van der Waals surface area contributed by atoms with Crippen LogP contribution in [0.25, 0.3) is 0 Å². The van der Waals surface area contributed by atoms with Gasteiger partial charge in [0.25, 0.3) is 0 Å². The number of nitrogens with zero attached hydrogens (tertiary/aromatic N) is 3. The van der Waals surface area contributed by atoms with Crippen LogP contribution in [-0.4, -0.2) is 37.5 Å². The summed E-state index contributed by atoms with van der Waals surface area (Å²) in [4.78, 5) is 3.93. The molecule has 1 rings (SSSR count). The third-order valence-electron chi connectivity index (χ3n) is 1.69. The third kappa shape index (κ3) is 4.23. The summed E-state index contributed by atoms with van der Waals surface area (Å²) in [5.41, 5.74) is 0.853. The van der Waals surface area contributed by atoms with E-state index in [-0.39, 0.29) is 5.90 Å². The van der Waals surface area contributed by atoms with Gasteiger partial charge in [0.2, 0.25) is 5.84 Å². The molecule has 0 aliphatic heterocycles. The molecule has 86 valence electrons. The minimum atomic E-state index is -0.240. The van der Waals surface area contributed by atoms with Gasteiger partial charge in [0.15, 0.2) is 0 Å². The number of aliphatic imine (C=N–C) groups is 1. The van der Waals surface area contributed by atoms with Crippen molar-refractivity contribution in [1.29, 1.82) is 0 Å². The van der Waals surface area contributed by atoms with Gasteiger partial charge in [0.05, 0.1) is 21.1 Å². The van der Waals surface area contributed by atoms with Crippen molar-refractivity contribution in [2.24, 2.45) is 10.1 Å². The van der Waals surface area contributed by atoms with E-state index in [1.807, 2.05) is 51.5 Å². The maximum absolute atomic E-state index is 11.1. The fourth-order valence-corrected chi connectivity index (χ4v) is 1.17. The zero-order chi connectivity index (χ0) is 12.2. The predicted molar refractivity (Wildman–Crippen MR) is 64.1 cm³/mol. The highest BCUT2D eigenvalue weighted by Gasteiger charge is 2.09. The second-order valence-corrected chi connectivity index (χ2v) is 4.36. The summed E-state index contributed by atoms with van der Waals surface area (Å²) >= 11 is 0. The number of rotatable bonds is 2. The number of hydrogen-bond donors (Lipinski definition) is 0. The molecule has 0 saturated carbocycles. The minimum Gasteiger partial charge on any atom is -0.862 e. The molecule has 1 aromatic carbocycles. The van der Waals surface area contributed by atoms with E-state index in [1.54, 1.807) is 0 Å². The van der Waals surface area contributed by atoms with Gasteiger partial charge in [-0.3, -0.25) is 0 Å². The average molecular weight is 219 g/mol. The van der Waals surface area contributed by atoms with Crippen LogP contribution in [0, 0.1) is 0 Å². The quantitative estimate of drug-likeness (QED) is 0.314. The SMILES string of the molecule is CC([O-])=N/C(=N\[N+](C)(C)C)c1ccccc1. The van der Waals surface area contributed by atoms with Crippen LogP contribution in [-0.2, 0) is 0 Å². The highest BCUT2D eigenvalue weighted by molar-refractivity contribution is 6.03. The molecule has 4 nitrogen and oxygen atoms in total. The summed E-state index contributed by atoms with van der Waals surface area (Å²) in [6.45, 7) is 1.42. The molecule has 0 atom stereocenters. The first-order chi connectivity index (χ1) is 7.38. The molecule has 0 amide bonds. The van der Waals surface area contributed by atoms with E-state index in [2.05, 4.69) is 10.1 Å². The predicted octanol–water partition coefficient (Wildman–Crippen LogP) is 0.833. The van der Waals surface area contributed by atoms with Crippen molar-refractivity contribution in [1.82, 2.24) is 0 Å². The van der Waals surface area contributed by atoms with Crippen molar-refractivity contribution in [3.63, 3.8) is 0 Å². The monoisotopic (exact) mass is 219 g/mol. The van der Waals surface area contributed by atoms with Gasteiger partial charge in [-0.05, 0) is 12.8 Å². The van der Waals surface area contributed by atoms with Crippen LogP contribution in [0.3, 0.4) is 0 Å². The van der Waals surface area contributed by atoms with E-state index in [9.17, 15) is 5.11 Å². The van der Waals surface area contributed by atoms with Crippen LogP contribution in [0.15, 0.2) is 40.4 Å². The first-order valence-corrected chi connectivity index (χ1v) is 5.08. The van der Waals surface area contributed by atoms with E-state index in [0.29, 0.717) is 10.4 Å². The third-order valence-corrected chi connectivity index (χ3v) is 1.69. The summed E-state index contributed by atoms with van der Waals surface area (Å²) in [5, 5.41) is 15.4. The van der Waals surface area contributed by atoms with Gasteiger partial charge >= 0.3 is 0 Å². The van der Waals surface area contributed by atoms with Crippen LogP contribution >= 0.6 is 0 Å². The Morgan fingerprint density at radius 2 is 1.69 bits per heavy atom. The Morgan fingerprint density at radius 3 is 2.12 bits per heavy atom. The molecular formula is C12H17N3O. The maximum atomic E-state index is 11.1. The standard InChI is InChI=1S/C12H17N3O/c1-10(16)13-12(14-15(2,3)4)11-8-6-5-7-9-11/h5-9H,1-4H3. The molecule has 16 heavy (non-hydrogen) atoms. The number of hydrogen-bond acceptors (Lipinski definition) is 2. The molecule has 0 aliphatic carbocycles. The first kappa shape index (κ1) is 12.4. The second kappa shape index (κ2) is 4.90. The van der Waals surface area contributed by atoms with Crippen LogP contribution < -0.4 is 5.11 Å². The molecule has 0 aliphatic rings. The Bertz CT molecular complexity index is 398. The van der Waals surface area contributed by atoms with Gasteiger partial charge in [-0.2, -0.15) is 0 Å². The van der Waals surface area contributed by atoms with E-state index in [1.165, 1.54) is 6.92 Å². The van der Waals surface area contributed by atoms with E-state index >= 15 is 0 Å². The van der Waals surface area contributed by atoms with Crippen LogP contribution in [0.4, 0.5) is 0 Å². The van der Waals surface area contributed by atoms with Gasteiger partial charge in [0, 0.05) is 5.56 Å². The maximum Gasteiger partial charge on any atom is 0.214 e. The van der Waals surface area contributed by atoms with Gasteiger partial charge < -0.3 is 5.11 Å². The molecule has 4 heteroatoms. The van der Waals surface area contributed by atoms with Crippen molar-refractivity contribution < 1.29 is 9.70 Å². The summed E-state index contributed by atoms with van der Waals surface area (Å²) < 4.78 is 0.376. The number of amidine groups is 1. The largest absolute Gasteiger partial charge is 0.862 e. The molecule has 0 heterocycles. The molecule has 0 aromatic heterocycles. The summed E-state index contributed by atoms with van der Waals surface area (Å²) in [7, 11) is 5.75. The van der Waals surface area contributed by atoms with E-state index < -0.39 is 0 Å². The van der Waals surface area contributed by atoms with Gasteiger partial charge in [-0.25, -0.2) is 9.58 Å². The molecule has 0 N–H and O–H groups in total. The molecule has 0 radical (unpaired) electrons. The molecule has 0 spiro atoms. The lowest BCUT2D eigenvalue weighted by atomic mass is 10.2. The Morgan fingerprint density at radius 1 is 1.12 bits per heavy atom. The van der Waals surface area contributed by atoms with Crippen molar-refractivity contribution >= 4 is 11.7 Å². The normalized spacial score (nSPS) is 14.0. The number of benzene rings is 1. The Labute approximate surface area is 96.1 Å². The van der Waals surface area contributed by atoms with E-state index in [0.717, 1.165) is 5.56 Å². The van der Waals surface area contributed by atoms with Crippen LogP contribution in [0.1, 0.15) is 12.5 Å². The lowest BCUT2D eigenvalue weighted by Crippen LogP contribution is -2.29. The molecule has 0 fully saturated rings. The fourth-order valence-electron chi connectivity index (χ4n) is 1.17. The Kier molecular flexibility index (Phi) is 3.79. The highest BCUT2D eigenvalue weighted by atomic mass is 16.3. The van der Waals surface area contributed by atoms with Crippen molar-refractivity contribution in [2.75, 3.05) is 21.1 Å². The fraction of sp³-hybridized carbons (Fsp3) is 0.333. The first-order valence-electron chi connectivity index (χ1n) is 5.08. The zero-order valence-electron chi connectivity index (χ0n) is 10.1. The Balaban J connectivity index is 3.18. The lowest BCUT2D eigenvalue weighted by Gasteiger charge is -2.17. The van der Waals surface area contributed by atoms with Crippen molar-refractivity contribution in [2.45, 2.75) is 6.92 Å². The van der Waals surface area contributed by atoms with Crippen molar-refractivity contribution in [3.05, 3.63) is 35.9 Å². The van der Waals surface area contributed by atoms with Gasteiger partial charge in [-0.15, -0.1) is 0 Å². The summed E-state index contributed by atoms with van der Waals surface area (Å²) in [6, 6.07) is 9.50. The van der Waals surface area contributed by atoms with Crippen LogP contribution in [0.5, 0.6) is 0 Å². The van der Waals surface area contributed by atoms with Crippen molar-refractivity contribution in [3.8, 4) is 0 Å². The lowest BCUT2D eigenvalue weighted by molar-refractivity contribution is -0.877. The smallest absolute Gasteiger partial charge is 0.214 e. The zero-order valence-corrected chi connectivity index (χ0v) is 10.1. The van der Waals surface area contributed by atoms with Gasteiger partial charge in [-0.1, -0.05) is 35.4 Å². The van der Waals surface area contributed by atoms with Gasteiger partial charge in [0.1, 0.15) is 0 Å². The molecule has 0 bridgehead atoms. The second-order valence-electron chi connectivity index (χ2n) is 4.36. The Hall–Kier alpha value is -1.68. The highest BCUT2D eigenvalue weighted by Crippen LogP contribution is 2.05. The average Bonchev–Trinajstić information content (AvgIpc) is 2.15. The minimum absolute atomic E-state index is 0.240. The van der Waals surface area contributed by atoms with E-state index in [4.69, 9.17) is 0 Å².